The SMILES string of the molecule is Cc1cccc(N2CC3(CC(c4nnc5n4-c4ccc(Cl)cc4CN(C4CC4)C5)C3)C2)n1. The molecule has 3 aromatic rings. The fraction of sp³-hybridized carbons (Fsp3) is 0.480. The van der Waals surface area contributed by atoms with Crippen molar-refractivity contribution in [1.82, 2.24) is 24.6 Å². The number of fused-ring (bicyclic) bond motifs is 3. The summed E-state index contributed by atoms with van der Waals surface area (Å²) in [6.45, 7) is 6.07. The average Bonchev–Trinajstić information content (AvgIpc) is 3.50. The van der Waals surface area contributed by atoms with Gasteiger partial charge in [0, 0.05) is 47.7 Å². The maximum Gasteiger partial charge on any atom is 0.151 e. The van der Waals surface area contributed by atoms with Crippen molar-refractivity contribution in [2.75, 3.05) is 18.0 Å². The maximum absolute atomic E-state index is 6.38. The lowest BCUT2D eigenvalue weighted by Gasteiger charge is -2.59. The molecule has 6 nitrogen and oxygen atoms in total. The number of anilines is 1. The van der Waals surface area contributed by atoms with E-state index in [1.807, 2.05) is 6.07 Å². The highest BCUT2D eigenvalue weighted by Crippen LogP contribution is 2.56. The normalized spacial score (nSPS) is 22.1. The lowest BCUT2D eigenvalue weighted by molar-refractivity contribution is 0.0581. The van der Waals surface area contributed by atoms with E-state index < -0.39 is 0 Å². The van der Waals surface area contributed by atoms with E-state index in [4.69, 9.17) is 21.7 Å². The number of rotatable bonds is 3. The fourth-order valence-corrected chi connectivity index (χ4v) is 6.26. The minimum Gasteiger partial charge on any atom is -0.355 e. The lowest BCUT2D eigenvalue weighted by atomic mass is 9.57. The Kier molecular flexibility index (Phi) is 4.04. The molecule has 7 heteroatoms. The minimum absolute atomic E-state index is 0.413. The molecule has 4 aliphatic rings. The van der Waals surface area contributed by atoms with Crippen molar-refractivity contribution in [3.63, 3.8) is 0 Å². The number of hydrogen-bond acceptors (Lipinski definition) is 5. The molecule has 0 N–H and O–H groups in total. The second kappa shape index (κ2) is 6.78. The summed E-state index contributed by atoms with van der Waals surface area (Å²) in [7, 11) is 0. The molecule has 1 spiro atoms. The molecule has 2 aliphatic heterocycles. The highest BCUT2D eigenvalue weighted by molar-refractivity contribution is 6.30. The molecule has 2 aliphatic carbocycles. The summed E-state index contributed by atoms with van der Waals surface area (Å²) in [5.74, 6) is 3.80. The van der Waals surface area contributed by atoms with E-state index in [1.165, 1.54) is 36.9 Å². The van der Waals surface area contributed by atoms with E-state index in [9.17, 15) is 0 Å². The van der Waals surface area contributed by atoms with Gasteiger partial charge in [-0.1, -0.05) is 17.7 Å². The van der Waals surface area contributed by atoms with Crippen molar-refractivity contribution in [3.8, 4) is 5.69 Å². The maximum atomic E-state index is 6.38. The number of hydrogen-bond donors (Lipinski definition) is 0. The van der Waals surface area contributed by atoms with Gasteiger partial charge in [-0.3, -0.25) is 9.47 Å². The minimum atomic E-state index is 0.413. The van der Waals surface area contributed by atoms with Crippen molar-refractivity contribution >= 4 is 17.4 Å². The number of aryl methyl sites for hydroxylation is 1. The summed E-state index contributed by atoms with van der Waals surface area (Å²) in [4.78, 5) is 9.66. The molecule has 7 rings (SSSR count). The zero-order chi connectivity index (χ0) is 21.4. The molecule has 3 fully saturated rings. The molecule has 164 valence electrons. The van der Waals surface area contributed by atoms with E-state index in [2.05, 4.69) is 56.7 Å². The van der Waals surface area contributed by atoms with Crippen molar-refractivity contribution < 1.29 is 0 Å². The number of halogens is 1. The summed E-state index contributed by atoms with van der Waals surface area (Å²) < 4.78 is 2.35. The van der Waals surface area contributed by atoms with Gasteiger partial charge in [-0.25, -0.2) is 4.98 Å². The first-order chi connectivity index (χ1) is 15.6. The fourth-order valence-electron chi connectivity index (χ4n) is 6.07. The van der Waals surface area contributed by atoms with Crippen molar-refractivity contribution in [1.29, 1.82) is 0 Å². The quantitative estimate of drug-likeness (QED) is 0.593. The molecule has 1 saturated heterocycles. The van der Waals surface area contributed by atoms with Crippen LogP contribution in [0.4, 0.5) is 5.82 Å². The van der Waals surface area contributed by atoms with Gasteiger partial charge in [0.15, 0.2) is 5.82 Å². The van der Waals surface area contributed by atoms with Crippen LogP contribution in [0, 0.1) is 12.3 Å². The summed E-state index contributed by atoms with van der Waals surface area (Å²) >= 11 is 6.38. The third-order valence-corrected chi connectivity index (χ3v) is 8.03. The van der Waals surface area contributed by atoms with Crippen LogP contribution in [-0.2, 0) is 13.1 Å². The Balaban J connectivity index is 1.15. The number of benzene rings is 1. The topological polar surface area (TPSA) is 50.1 Å². The predicted molar refractivity (Wildman–Crippen MR) is 124 cm³/mol. The summed E-state index contributed by atoms with van der Waals surface area (Å²) in [5, 5.41) is 10.2. The van der Waals surface area contributed by atoms with Crippen LogP contribution in [0.25, 0.3) is 5.69 Å². The predicted octanol–water partition coefficient (Wildman–Crippen LogP) is 4.49. The van der Waals surface area contributed by atoms with Gasteiger partial charge in [0.05, 0.1) is 12.2 Å². The van der Waals surface area contributed by atoms with E-state index >= 15 is 0 Å². The molecule has 32 heavy (non-hydrogen) atoms. The first kappa shape index (κ1) is 19.1. The van der Waals surface area contributed by atoms with E-state index in [0.717, 1.165) is 54.4 Å². The van der Waals surface area contributed by atoms with Crippen LogP contribution in [0.15, 0.2) is 36.4 Å². The van der Waals surface area contributed by atoms with Crippen LogP contribution >= 0.6 is 11.6 Å². The largest absolute Gasteiger partial charge is 0.355 e. The Bertz CT molecular complexity index is 1200. The third kappa shape index (κ3) is 3.00. The van der Waals surface area contributed by atoms with Gasteiger partial charge >= 0.3 is 0 Å². The molecule has 0 unspecified atom stereocenters. The molecule has 1 aromatic carbocycles. The molecule has 2 aromatic heterocycles. The van der Waals surface area contributed by atoms with E-state index in [1.54, 1.807) is 0 Å². The highest BCUT2D eigenvalue weighted by Gasteiger charge is 2.54. The summed E-state index contributed by atoms with van der Waals surface area (Å²) in [5.41, 5.74) is 4.00. The molecular formula is C25H27ClN6. The zero-order valence-corrected chi connectivity index (χ0v) is 19.1. The molecule has 0 radical (unpaired) electrons. The standard InChI is InChI=1S/C25H27ClN6/c1-16-3-2-4-22(27-16)31-14-25(15-31)10-18(11-25)24-29-28-23-13-30(20-6-7-20)12-17-9-19(26)5-8-21(17)32(23)24/h2-5,8-9,18,20H,6-7,10-15H2,1H3. The smallest absolute Gasteiger partial charge is 0.151 e. The highest BCUT2D eigenvalue weighted by atomic mass is 35.5. The lowest BCUT2D eigenvalue weighted by Crippen LogP contribution is -2.62. The Morgan fingerprint density at radius 2 is 1.88 bits per heavy atom. The van der Waals surface area contributed by atoms with Crippen LogP contribution in [-0.4, -0.2) is 43.8 Å². The second-order valence-electron chi connectivity index (χ2n) is 10.3. The Hall–Kier alpha value is -2.44. The van der Waals surface area contributed by atoms with E-state index in [0.29, 0.717) is 17.4 Å². The monoisotopic (exact) mass is 446 g/mol. The second-order valence-corrected chi connectivity index (χ2v) is 10.8. The molecule has 0 amide bonds. The van der Waals surface area contributed by atoms with Gasteiger partial charge in [0.1, 0.15) is 11.6 Å². The van der Waals surface area contributed by atoms with Gasteiger partial charge in [-0.15, -0.1) is 10.2 Å². The van der Waals surface area contributed by atoms with Crippen LogP contribution in [0.5, 0.6) is 0 Å². The van der Waals surface area contributed by atoms with Gasteiger partial charge in [-0.05, 0) is 68.5 Å². The Labute approximate surface area is 193 Å². The van der Waals surface area contributed by atoms with E-state index in [-0.39, 0.29) is 0 Å². The Morgan fingerprint density at radius 1 is 1.03 bits per heavy atom. The Morgan fingerprint density at radius 3 is 2.66 bits per heavy atom. The van der Waals surface area contributed by atoms with Crippen molar-refractivity contribution in [3.05, 3.63) is 64.3 Å². The van der Waals surface area contributed by atoms with Gasteiger partial charge in [-0.2, -0.15) is 0 Å². The van der Waals surface area contributed by atoms with Crippen LogP contribution in [0.3, 0.4) is 0 Å². The first-order valence-corrected chi connectivity index (χ1v) is 12.1. The number of nitrogens with zero attached hydrogens (tertiary/aromatic N) is 6. The average molecular weight is 447 g/mol. The first-order valence-electron chi connectivity index (χ1n) is 11.7. The molecule has 4 heterocycles. The van der Waals surface area contributed by atoms with Crippen molar-refractivity contribution in [2.24, 2.45) is 5.41 Å². The summed E-state index contributed by atoms with van der Waals surface area (Å²) in [6, 6.07) is 13.3. The van der Waals surface area contributed by atoms with Crippen molar-refractivity contribution in [2.45, 2.75) is 57.7 Å². The summed E-state index contributed by atoms with van der Waals surface area (Å²) in [6.07, 6.45) is 4.94. The number of aromatic nitrogens is 4. The van der Waals surface area contributed by atoms with Crippen LogP contribution < -0.4 is 4.90 Å². The molecular weight excluding hydrogens is 420 g/mol. The third-order valence-electron chi connectivity index (χ3n) is 7.79. The van der Waals surface area contributed by atoms with Gasteiger partial charge in [0.2, 0.25) is 0 Å². The number of pyridine rings is 1. The van der Waals surface area contributed by atoms with Crippen LogP contribution in [0.1, 0.15) is 54.5 Å². The van der Waals surface area contributed by atoms with Crippen LogP contribution in [0.2, 0.25) is 5.02 Å². The van der Waals surface area contributed by atoms with Gasteiger partial charge < -0.3 is 4.90 Å². The van der Waals surface area contributed by atoms with Gasteiger partial charge in [0.25, 0.3) is 0 Å². The molecule has 0 atom stereocenters. The molecule has 0 bridgehead atoms. The molecule has 2 saturated carbocycles. The zero-order valence-electron chi connectivity index (χ0n) is 18.3.